The van der Waals surface area contributed by atoms with Gasteiger partial charge in [-0.25, -0.2) is 0 Å². The lowest BCUT2D eigenvalue weighted by molar-refractivity contribution is -0.137. The molecule has 1 amide bonds. The molecule has 3 aromatic rings. The Kier molecular flexibility index (Phi) is 7.34. The van der Waals surface area contributed by atoms with Crippen LogP contribution in [0, 0.1) is 22.7 Å². The third kappa shape index (κ3) is 5.81. The number of halogens is 3. The van der Waals surface area contributed by atoms with Crippen LogP contribution < -0.4 is 10.1 Å². The van der Waals surface area contributed by atoms with Crippen LogP contribution in [0.25, 0.3) is 17.3 Å². The minimum Gasteiger partial charge on any atom is -0.497 e. The van der Waals surface area contributed by atoms with E-state index in [-0.39, 0.29) is 17.7 Å². The predicted octanol–water partition coefficient (Wildman–Crippen LogP) is 5.04. The van der Waals surface area contributed by atoms with Gasteiger partial charge < -0.3 is 10.1 Å². The van der Waals surface area contributed by atoms with Gasteiger partial charge in [-0.05, 0) is 48.5 Å². The van der Waals surface area contributed by atoms with Gasteiger partial charge in [0.2, 0.25) is 0 Å². The van der Waals surface area contributed by atoms with E-state index >= 15 is 0 Å². The molecule has 0 saturated heterocycles. The Balaban J connectivity index is 1.95. The fourth-order valence-corrected chi connectivity index (χ4v) is 3.07. The van der Waals surface area contributed by atoms with Crippen LogP contribution in [0.2, 0.25) is 0 Å². The Labute approximate surface area is 193 Å². The van der Waals surface area contributed by atoms with Gasteiger partial charge in [-0.15, -0.1) is 0 Å². The number of amides is 1. The van der Waals surface area contributed by atoms with Crippen LogP contribution in [-0.4, -0.2) is 22.8 Å². The summed E-state index contributed by atoms with van der Waals surface area (Å²) in [5.41, 5.74) is 0.221. The fourth-order valence-electron chi connectivity index (χ4n) is 3.07. The third-order valence-electron chi connectivity index (χ3n) is 4.72. The third-order valence-corrected chi connectivity index (χ3v) is 4.72. The predicted molar refractivity (Wildman–Crippen MR) is 118 cm³/mol. The lowest BCUT2D eigenvalue weighted by Crippen LogP contribution is -2.14. The van der Waals surface area contributed by atoms with Crippen LogP contribution in [0.15, 0.2) is 60.3 Å². The summed E-state index contributed by atoms with van der Waals surface area (Å²) in [7, 11) is 1.53. The molecule has 1 heterocycles. The normalized spacial score (nSPS) is 11.4. The fraction of sp³-hybridized carbons (Fsp3) is 0.167. The average molecular weight is 465 g/mol. The Bertz CT molecular complexity index is 1300. The average Bonchev–Trinajstić information content (AvgIpc) is 3.23. The Morgan fingerprint density at radius 1 is 1.21 bits per heavy atom. The number of benzene rings is 2. The van der Waals surface area contributed by atoms with Crippen molar-refractivity contribution in [3.05, 3.63) is 71.4 Å². The summed E-state index contributed by atoms with van der Waals surface area (Å²) in [6.45, 7) is 0.297. The van der Waals surface area contributed by atoms with Gasteiger partial charge >= 0.3 is 6.18 Å². The standard InChI is InChI=1S/C24H18F3N5O2/c1-34-21-8-6-16(7-9-21)22-18(15-32(31-22)11-3-10-28)12-17(14-29)23(33)30-20-5-2-4-19(13-20)24(25,26)27/h2,4-9,12-13,15H,3,11H2,1H3,(H,30,33)/b17-12+. The first-order valence-electron chi connectivity index (χ1n) is 9.94. The minimum atomic E-state index is -4.57. The number of methoxy groups -OCH3 is 1. The Hall–Kier alpha value is -4.57. The van der Waals surface area contributed by atoms with E-state index in [0.29, 0.717) is 29.1 Å². The van der Waals surface area contributed by atoms with E-state index in [2.05, 4.69) is 10.4 Å². The lowest BCUT2D eigenvalue weighted by atomic mass is 10.1. The van der Waals surface area contributed by atoms with E-state index in [9.17, 15) is 23.2 Å². The van der Waals surface area contributed by atoms with Crippen LogP contribution in [0.3, 0.4) is 0 Å². The highest BCUT2D eigenvalue weighted by Gasteiger charge is 2.30. The highest BCUT2D eigenvalue weighted by molar-refractivity contribution is 6.10. The molecule has 34 heavy (non-hydrogen) atoms. The Morgan fingerprint density at radius 3 is 2.56 bits per heavy atom. The Morgan fingerprint density at radius 2 is 1.94 bits per heavy atom. The van der Waals surface area contributed by atoms with E-state index in [1.807, 2.05) is 6.07 Å². The van der Waals surface area contributed by atoms with Gasteiger partial charge in [0.15, 0.2) is 0 Å². The molecule has 2 aromatic carbocycles. The molecule has 0 spiro atoms. The molecule has 172 valence electrons. The molecular weight excluding hydrogens is 447 g/mol. The molecule has 10 heteroatoms. The number of ether oxygens (including phenoxy) is 1. The van der Waals surface area contributed by atoms with Gasteiger partial charge in [0.25, 0.3) is 5.91 Å². The van der Waals surface area contributed by atoms with Crippen molar-refractivity contribution in [2.45, 2.75) is 19.1 Å². The SMILES string of the molecule is COc1ccc(-c2nn(CCC#N)cc2/C=C(\C#N)C(=O)Nc2cccc(C(F)(F)F)c2)cc1. The molecule has 1 N–H and O–H groups in total. The molecule has 0 unspecified atom stereocenters. The summed E-state index contributed by atoms with van der Waals surface area (Å²) in [6, 6.07) is 14.9. The van der Waals surface area contributed by atoms with Crippen molar-refractivity contribution >= 4 is 17.7 Å². The highest BCUT2D eigenvalue weighted by Crippen LogP contribution is 2.31. The molecule has 1 aromatic heterocycles. The van der Waals surface area contributed by atoms with Crippen molar-refractivity contribution in [1.82, 2.24) is 9.78 Å². The van der Waals surface area contributed by atoms with Gasteiger partial charge in [0.1, 0.15) is 17.4 Å². The minimum absolute atomic E-state index is 0.0962. The summed E-state index contributed by atoms with van der Waals surface area (Å²) in [5, 5.41) is 25.2. The molecular formula is C24H18F3N5O2. The van der Waals surface area contributed by atoms with E-state index < -0.39 is 17.6 Å². The van der Waals surface area contributed by atoms with Crippen molar-refractivity contribution < 1.29 is 22.7 Å². The quantitative estimate of drug-likeness (QED) is 0.389. The number of nitrogens with zero attached hydrogens (tertiary/aromatic N) is 4. The first-order valence-corrected chi connectivity index (χ1v) is 9.94. The zero-order valence-corrected chi connectivity index (χ0v) is 17.9. The second kappa shape index (κ2) is 10.4. The summed E-state index contributed by atoms with van der Waals surface area (Å²) in [4.78, 5) is 12.6. The number of alkyl halides is 3. The first-order chi connectivity index (χ1) is 16.2. The van der Waals surface area contributed by atoms with Gasteiger partial charge in [-0.2, -0.15) is 28.8 Å². The van der Waals surface area contributed by atoms with Crippen LogP contribution in [0.4, 0.5) is 18.9 Å². The molecule has 0 bridgehead atoms. The van der Waals surface area contributed by atoms with Gasteiger partial charge in [-0.3, -0.25) is 9.48 Å². The maximum atomic E-state index is 12.9. The molecule has 0 atom stereocenters. The summed E-state index contributed by atoms with van der Waals surface area (Å²) in [5.74, 6) is -0.241. The van der Waals surface area contributed by atoms with E-state index in [1.54, 1.807) is 36.5 Å². The number of anilines is 1. The second-order valence-electron chi connectivity index (χ2n) is 7.04. The van der Waals surface area contributed by atoms with Crippen molar-refractivity contribution in [2.75, 3.05) is 12.4 Å². The maximum absolute atomic E-state index is 12.9. The molecule has 0 aliphatic heterocycles. The number of nitriles is 2. The number of hydrogen-bond donors (Lipinski definition) is 1. The van der Waals surface area contributed by atoms with E-state index in [4.69, 9.17) is 10.00 Å². The zero-order valence-electron chi connectivity index (χ0n) is 17.9. The van der Waals surface area contributed by atoms with Gasteiger partial charge in [0, 0.05) is 23.0 Å². The van der Waals surface area contributed by atoms with Crippen molar-refractivity contribution in [3.8, 4) is 29.1 Å². The molecule has 3 rings (SSSR count). The number of carbonyl (C=O) groups is 1. The molecule has 7 nitrogen and oxygen atoms in total. The summed E-state index contributed by atoms with van der Waals surface area (Å²) in [6.07, 6.45) is -1.47. The maximum Gasteiger partial charge on any atom is 0.416 e. The highest BCUT2D eigenvalue weighted by atomic mass is 19.4. The number of rotatable bonds is 7. The van der Waals surface area contributed by atoms with Crippen molar-refractivity contribution in [3.63, 3.8) is 0 Å². The van der Waals surface area contributed by atoms with Crippen LogP contribution in [0.1, 0.15) is 17.5 Å². The molecule has 0 aliphatic carbocycles. The summed E-state index contributed by atoms with van der Waals surface area (Å²) >= 11 is 0. The van der Waals surface area contributed by atoms with Gasteiger partial charge in [-0.1, -0.05) is 6.07 Å². The number of hydrogen-bond acceptors (Lipinski definition) is 5. The van der Waals surface area contributed by atoms with E-state index in [1.165, 1.54) is 23.9 Å². The van der Waals surface area contributed by atoms with E-state index in [0.717, 1.165) is 18.2 Å². The van der Waals surface area contributed by atoms with Crippen molar-refractivity contribution in [2.24, 2.45) is 0 Å². The molecule has 0 aliphatic rings. The smallest absolute Gasteiger partial charge is 0.416 e. The molecule has 0 radical (unpaired) electrons. The number of nitrogens with one attached hydrogen (secondary N) is 1. The number of aryl methyl sites for hydroxylation is 1. The molecule has 0 fully saturated rings. The zero-order chi connectivity index (χ0) is 24.7. The number of aromatic nitrogens is 2. The summed E-state index contributed by atoms with van der Waals surface area (Å²) < 4.78 is 45.5. The number of carbonyl (C=O) groups excluding carboxylic acids is 1. The second-order valence-corrected chi connectivity index (χ2v) is 7.04. The van der Waals surface area contributed by atoms with Crippen LogP contribution in [-0.2, 0) is 17.5 Å². The van der Waals surface area contributed by atoms with Gasteiger partial charge in [0.05, 0.1) is 37.4 Å². The topological polar surface area (TPSA) is 104 Å². The first kappa shape index (κ1) is 24.1. The monoisotopic (exact) mass is 465 g/mol. The van der Waals surface area contributed by atoms with Crippen LogP contribution in [0.5, 0.6) is 5.75 Å². The molecule has 0 saturated carbocycles. The van der Waals surface area contributed by atoms with Crippen LogP contribution >= 0.6 is 0 Å². The van der Waals surface area contributed by atoms with Crippen molar-refractivity contribution in [1.29, 1.82) is 10.5 Å². The lowest BCUT2D eigenvalue weighted by Gasteiger charge is -2.09. The largest absolute Gasteiger partial charge is 0.497 e.